The molecule has 19 heavy (non-hydrogen) atoms. The highest BCUT2D eigenvalue weighted by atomic mass is 16.1. The smallest absolute Gasteiger partial charge is 0.184 e. The van der Waals surface area contributed by atoms with Crippen LogP contribution < -0.4 is 5.32 Å². The summed E-state index contributed by atoms with van der Waals surface area (Å²) in [6.07, 6.45) is 0.994. The van der Waals surface area contributed by atoms with Crippen molar-refractivity contribution in [2.75, 3.05) is 6.54 Å². The molecule has 1 aliphatic rings. The van der Waals surface area contributed by atoms with Crippen molar-refractivity contribution < 1.29 is 4.79 Å². The number of benzene rings is 2. The molecule has 0 fully saturated rings. The molecule has 3 rings (SSSR count). The molecule has 0 saturated carbocycles. The zero-order valence-corrected chi connectivity index (χ0v) is 11.0. The Balaban J connectivity index is 1.98. The third-order valence-corrected chi connectivity index (χ3v) is 3.67. The molecule has 0 amide bonds. The van der Waals surface area contributed by atoms with E-state index in [0.29, 0.717) is 0 Å². The Bertz CT molecular complexity index is 618. The summed E-state index contributed by atoms with van der Waals surface area (Å²) >= 11 is 0. The normalized spacial score (nSPS) is 17.8. The quantitative estimate of drug-likeness (QED) is 0.831. The molecule has 1 unspecified atom stereocenters. The largest absolute Gasteiger partial charge is 0.303 e. The van der Waals surface area contributed by atoms with Gasteiger partial charge >= 0.3 is 0 Å². The van der Waals surface area contributed by atoms with Crippen LogP contribution in [0.4, 0.5) is 0 Å². The van der Waals surface area contributed by atoms with E-state index in [2.05, 4.69) is 17.4 Å². The van der Waals surface area contributed by atoms with Crippen molar-refractivity contribution in [3.8, 4) is 0 Å². The number of fused-ring (bicyclic) bond motifs is 1. The van der Waals surface area contributed by atoms with Gasteiger partial charge in [-0.3, -0.25) is 4.79 Å². The lowest BCUT2D eigenvalue weighted by Gasteiger charge is -2.26. The second kappa shape index (κ2) is 4.98. The lowest BCUT2D eigenvalue weighted by molar-refractivity contribution is 0.0939. The molecule has 1 N–H and O–H groups in total. The van der Waals surface area contributed by atoms with Crippen molar-refractivity contribution in [3.63, 3.8) is 0 Å². The molecule has 2 aromatic carbocycles. The fourth-order valence-electron chi connectivity index (χ4n) is 2.70. The minimum absolute atomic E-state index is 0.163. The highest BCUT2D eigenvalue weighted by Gasteiger charge is 2.26. The van der Waals surface area contributed by atoms with E-state index in [9.17, 15) is 4.79 Å². The van der Waals surface area contributed by atoms with Crippen LogP contribution in [0.2, 0.25) is 0 Å². The summed E-state index contributed by atoms with van der Waals surface area (Å²) in [4.78, 5) is 12.7. The summed E-state index contributed by atoms with van der Waals surface area (Å²) in [5, 5.41) is 3.34. The minimum Gasteiger partial charge on any atom is -0.303 e. The average Bonchev–Trinajstić information content (AvgIpc) is 2.46. The predicted octanol–water partition coefficient (Wildman–Crippen LogP) is 3.06. The molecule has 2 aromatic rings. The van der Waals surface area contributed by atoms with Gasteiger partial charge in [-0.15, -0.1) is 0 Å². The molecule has 0 spiro atoms. The van der Waals surface area contributed by atoms with Gasteiger partial charge in [0.1, 0.15) is 0 Å². The van der Waals surface area contributed by atoms with E-state index < -0.39 is 0 Å². The van der Waals surface area contributed by atoms with Crippen LogP contribution in [0, 0.1) is 6.92 Å². The lowest BCUT2D eigenvalue weighted by Crippen LogP contribution is -2.35. The zero-order valence-electron chi connectivity index (χ0n) is 11.0. The Morgan fingerprint density at radius 2 is 2.00 bits per heavy atom. The monoisotopic (exact) mass is 251 g/mol. The number of carbonyl (C=O) groups is 1. The van der Waals surface area contributed by atoms with Gasteiger partial charge in [0.25, 0.3) is 0 Å². The molecule has 0 radical (unpaired) electrons. The van der Waals surface area contributed by atoms with E-state index in [0.717, 1.165) is 29.7 Å². The van der Waals surface area contributed by atoms with Crippen molar-refractivity contribution in [1.29, 1.82) is 0 Å². The van der Waals surface area contributed by atoms with Gasteiger partial charge in [-0.2, -0.15) is 0 Å². The summed E-state index contributed by atoms with van der Waals surface area (Å²) in [6, 6.07) is 15.8. The molecule has 0 aliphatic carbocycles. The average molecular weight is 251 g/mol. The lowest BCUT2D eigenvalue weighted by atomic mass is 9.89. The molecular weight excluding hydrogens is 234 g/mol. The molecule has 0 bridgehead atoms. The number of aryl methyl sites for hydroxylation is 1. The summed E-state index contributed by atoms with van der Waals surface area (Å²) in [5.41, 5.74) is 4.32. The maximum atomic E-state index is 12.7. The topological polar surface area (TPSA) is 29.1 Å². The van der Waals surface area contributed by atoms with E-state index in [1.165, 1.54) is 5.56 Å². The molecule has 96 valence electrons. The highest BCUT2D eigenvalue weighted by molar-refractivity contribution is 6.01. The zero-order chi connectivity index (χ0) is 13.2. The molecule has 0 aromatic heterocycles. The van der Waals surface area contributed by atoms with Gasteiger partial charge in [0, 0.05) is 12.1 Å². The van der Waals surface area contributed by atoms with Crippen LogP contribution in [0.1, 0.15) is 33.1 Å². The molecule has 1 aliphatic heterocycles. The number of Topliss-reactive ketones (excluding diaryl/α,β-unsaturated/α-hetero) is 1. The van der Waals surface area contributed by atoms with Gasteiger partial charge in [-0.1, -0.05) is 48.0 Å². The van der Waals surface area contributed by atoms with Gasteiger partial charge in [-0.05, 0) is 30.5 Å². The first-order valence-electron chi connectivity index (χ1n) is 6.68. The number of ketones is 1. The number of hydrogen-bond acceptors (Lipinski definition) is 2. The van der Waals surface area contributed by atoms with E-state index in [4.69, 9.17) is 0 Å². The summed E-state index contributed by atoms with van der Waals surface area (Å²) < 4.78 is 0. The maximum absolute atomic E-state index is 12.7. The third-order valence-electron chi connectivity index (χ3n) is 3.67. The molecule has 2 nitrogen and oxygen atoms in total. The van der Waals surface area contributed by atoms with E-state index in [-0.39, 0.29) is 11.8 Å². The van der Waals surface area contributed by atoms with Crippen molar-refractivity contribution in [3.05, 3.63) is 70.8 Å². The van der Waals surface area contributed by atoms with Crippen LogP contribution in [0.25, 0.3) is 0 Å². The van der Waals surface area contributed by atoms with E-state index in [1.807, 2.05) is 43.3 Å². The van der Waals surface area contributed by atoms with Crippen LogP contribution in [0.3, 0.4) is 0 Å². The van der Waals surface area contributed by atoms with Crippen molar-refractivity contribution >= 4 is 5.78 Å². The van der Waals surface area contributed by atoms with Crippen LogP contribution in [0.15, 0.2) is 48.5 Å². The number of carbonyl (C=O) groups excluding carboxylic acids is 1. The standard InChI is InChI=1S/C17H17NO/c1-12-5-4-7-14(11-12)17(19)16-15-8-3-2-6-13(15)9-10-18-16/h2-8,11,16,18H,9-10H2,1H3. The molecule has 1 heterocycles. The van der Waals surface area contributed by atoms with Gasteiger partial charge < -0.3 is 5.32 Å². The van der Waals surface area contributed by atoms with Gasteiger partial charge in [-0.25, -0.2) is 0 Å². The number of hydrogen-bond donors (Lipinski definition) is 1. The van der Waals surface area contributed by atoms with Crippen molar-refractivity contribution in [2.24, 2.45) is 0 Å². The van der Waals surface area contributed by atoms with Crippen LogP contribution in [-0.4, -0.2) is 12.3 Å². The SMILES string of the molecule is Cc1cccc(C(=O)C2NCCc3ccccc32)c1. The van der Waals surface area contributed by atoms with E-state index >= 15 is 0 Å². The molecular formula is C17H17NO. The molecule has 1 atom stereocenters. The number of nitrogens with one attached hydrogen (secondary N) is 1. The van der Waals surface area contributed by atoms with Crippen LogP contribution >= 0.6 is 0 Å². The Kier molecular flexibility index (Phi) is 3.18. The first-order chi connectivity index (χ1) is 9.25. The van der Waals surface area contributed by atoms with Gasteiger partial charge in [0.05, 0.1) is 6.04 Å². The van der Waals surface area contributed by atoms with E-state index in [1.54, 1.807) is 0 Å². The Labute approximate surface area is 113 Å². The van der Waals surface area contributed by atoms with Crippen molar-refractivity contribution in [1.82, 2.24) is 5.32 Å². The summed E-state index contributed by atoms with van der Waals surface area (Å²) in [5.74, 6) is 0.163. The maximum Gasteiger partial charge on any atom is 0.184 e. The minimum atomic E-state index is -0.202. The fraction of sp³-hybridized carbons (Fsp3) is 0.235. The Morgan fingerprint density at radius 3 is 2.84 bits per heavy atom. The third kappa shape index (κ3) is 2.32. The van der Waals surface area contributed by atoms with Gasteiger partial charge in [0.2, 0.25) is 0 Å². The van der Waals surface area contributed by atoms with Gasteiger partial charge in [0.15, 0.2) is 5.78 Å². The summed E-state index contributed by atoms with van der Waals surface area (Å²) in [6.45, 7) is 2.87. The summed E-state index contributed by atoms with van der Waals surface area (Å²) in [7, 11) is 0. The van der Waals surface area contributed by atoms with Crippen LogP contribution in [-0.2, 0) is 6.42 Å². The predicted molar refractivity (Wildman–Crippen MR) is 76.4 cm³/mol. The fourth-order valence-corrected chi connectivity index (χ4v) is 2.70. The van der Waals surface area contributed by atoms with Crippen LogP contribution in [0.5, 0.6) is 0 Å². The molecule has 2 heteroatoms. The highest BCUT2D eigenvalue weighted by Crippen LogP contribution is 2.26. The number of rotatable bonds is 2. The second-order valence-electron chi connectivity index (χ2n) is 5.07. The van der Waals surface area contributed by atoms with Crippen molar-refractivity contribution in [2.45, 2.75) is 19.4 Å². The Morgan fingerprint density at radius 1 is 1.16 bits per heavy atom. The first kappa shape index (κ1) is 12.1. The second-order valence-corrected chi connectivity index (χ2v) is 5.07. The first-order valence-corrected chi connectivity index (χ1v) is 6.68. The Hall–Kier alpha value is -1.93. The molecule has 0 saturated heterocycles.